The maximum Gasteiger partial charge on any atom is 0.416 e. The minimum Gasteiger partial charge on any atom is -0.296 e. The van der Waals surface area contributed by atoms with Crippen molar-refractivity contribution < 1.29 is 18.0 Å². The lowest BCUT2D eigenvalue weighted by molar-refractivity contribution is -0.137. The summed E-state index contributed by atoms with van der Waals surface area (Å²) in [6.45, 7) is 0. The Morgan fingerprint density at radius 2 is 1.81 bits per heavy atom. The van der Waals surface area contributed by atoms with E-state index in [-0.39, 0.29) is 5.91 Å². The monoisotopic (exact) mass is 473 g/mol. The normalized spacial score (nSPS) is 11.4. The van der Waals surface area contributed by atoms with Gasteiger partial charge in [-0.05, 0) is 45.8 Å². The molecule has 0 aliphatic carbocycles. The highest BCUT2D eigenvalue weighted by atomic mass is 79.9. The highest BCUT2D eigenvalue weighted by Crippen LogP contribution is 2.32. The first-order valence-corrected chi connectivity index (χ1v) is 10.1. The molecule has 3 aromatic rings. The summed E-state index contributed by atoms with van der Waals surface area (Å²) in [4.78, 5) is 12.2. The van der Waals surface area contributed by atoms with Crippen LogP contribution in [-0.4, -0.2) is 16.1 Å². The standard InChI is InChI=1S/C17H11BrF3N3OS2/c18-13-4-2-1-3-12(13)14(25)22-15-23-24-16(27-15)26-9-10-5-7-11(8-6-10)17(19,20)21/h1-8H,9H2,(H,22,23,25). The van der Waals surface area contributed by atoms with Crippen molar-refractivity contribution in [2.75, 3.05) is 5.32 Å². The first-order chi connectivity index (χ1) is 12.8. The van der Waals surface area contributed by atoms with Crippen molar-refractivity contribution in [2.24, 2.45) is 0 Å². The molecule has 0 spiro atoms. The predicted molar refractivity (Wildman–Crippen MR) is 103 cm³/mol. The van der Waals surface area contributed by atoms with Gasteiger partial charge in [-0.2, -0.15) is 13.2 Å². The number of hydrogen-bond donors (Lipinski definition) is 1. The number of aromatic nitrogens is 2. The first-order valence-electron chi connectivity index (χ1n) is 7.51. The second-order valence-electron chi connectivity index (χ2n) is 5.29. The molecule has 0 aliphatic rings. The Kier molecular flexibility index (Phi) is 6.18. The summed E-state index contributed by atoms with van der Waals surface area (Å²) in [5, 5.41) is 10.9. The van der Waals surface area contributed by atoms with Gasteiger partial charge in [-0.15, -0.1) is 10.2 Å². The van der Waals surface area contributed by atoms with E-state index >= 15 is 0 Å². The minimum absolute atomic E-state index is 0.307. The number of hydrogen-bond acceptors (Lipinski definition) is 5. The molecule has 10 heteroatoms. The fraction of sp³-hybridized carbons (Fsp3) is 0.118. The molecular formula is C17H11BrF3N3OS2. The van der Waals surface area contributed by atoms with Crippen LogP contribution in [0.2, 0.25) is 0 Å². The summed E-state index contributed by atoms with van der Waals surface area (Å²) >= 11 is 5.85. The third kappa shape index (κ3) is 5.30. The number of anilines is 1. The average molecular weight is 474 g/mol. The van der Waals surface area contributed by atoms with Crippen molar-refractivity contribution in [1.29, 1.82) is 0 Å². The molecule has 140 valence electrons. The minimum atomic E-state index is -4.34. The summed E-state index contributed by atoms with van der Waals surface area (Å²) in [5.41, 5.74) is 0.540. The molecular weight excluding hydrogens is 463 g/mol. The Bertz CT molecular complexity index is 945. The van der Waals surface area contributed by atoms with E-state index < -0.39 is 11.7 Å². The predicted octanol–water partition coefficient (Wildman–Crippen LogP) is 5.86. The zero-order valence-electron chi connectivity index (χ0n) is 13.5. The van der Waals surface area contributed by atoms with E-state index in [1.165, 1.54) is 35.2 Å². The lowest BCUT2D eigenvalue weighted by Crippen LogP contribution is -2.12. The van der Waals surface area contributed by atoms with Gasteiger partial charge in [-0.1, -0.05) is 47.4 Å². The van der Waals surface area contributed by atoms with Gasteiger partial charge in [0.05, 0.1) is 11.1 Å². The van der Waals surface area contributed by atoms with Crippen molar-refractivity contribution in [3.63, 3.8) is 0 Å². The number of carbonyl (C=O) groups excluding carboxylic acids is 1. The molecule has 1 N–H and O–H groups in total. The van der Waals surface area contributed by atoms with Crippen LogP contribution in [-0.2, 0) is 11.9 Å². The number of nitrogens with zero attached hydrogens (tertiary/aromatic N) is 2. The molecule has 0 saturated carbocycles. The smallest absolute Gasteiger partial charge is 0.296 e. The van der Waals surface area contributed by atoms with E-state index in [2.05, 4.69) is 31.4 Å². The van der Waals surface area contributed by atoms with Crippen LogP contribution in [0.3, 0.4) is 0 Å². The number of alkyl halides is 3. The number of halogens is 4. The van der Waals surface area contributed by atoms with Crippen molar-refractivity contribution in [3.8, 4) is 0 Å². The Labute approximate surface area is 169 Å². The maximum absolute atomic E-state index is 12.6. The first kappa shape index (κ1) is 19.8. The Morgan fingerprint density at radius 1 is 1.11 bits per heavy atom. The molecule has 0 radical (unpaired) electrons. The summed E-state index contributed by atoms with van der Waals surface area (Å²) in [6, 6.07) is 12.0. The van der Waals surface area contributed by atoms with Crippen LogP contribution in [0.5, 0.6) is 0 Å². The van der Waals surface area contributed by atoms with Gasteiger partial charge < -0.3 is 0 Å². The van der Waals surface area contributed by atoms with E-state index in [0.717, 1.165) is 17.7 Å². The molecule has 27 heavy (non-hydrogen) atoms. The summed E-state index contributed by atoms with van der Waals surface area (Å²) in [6.07, 6.45) is -4.34. The van der Waals surface area contributed by atoms with Crippen LogP contribution in [0.15, 0.2) is 57.3 Å². The van der Waals surface area contributed by atoms with Gasteiger partial charge in [0, 0.05) is 10.2 Å². The van der Waals surface area contributed by atoms with Crippen molar-refractivity contribution in [1.82, 2.24) is 10.2 Å². The summed E-state index contributed by atoms with van der Waals surface area (Å²) in [5.74, 6) is 0.142. The van der Waals surface area contributed by atoms with E-state index in [1.54, 1.807) is 18.2 Å². The van der Waals surface area contributed by atoms with E-state index in [9.17, 15) is 18.0 Å². The fourth-order valence-corrected chi connectivity index (χ4v) is 4.23. The fourth-order valence-electron chi connectivity index (χ4n) is 2.06. The van der Waals surface area contributed by atoms with Crippen molar-refractivity contribution >= 4 is 50.1 Å². The molecule has 0 aliphatic heterocycles. The third-order valence-electron chi connectivity index (χ3n) is 3.39. The quantitative estimate of drug-likeness (QED) is 0.372. The van der Waals surface area contributed by atoms with Gasteiger partial charge in [-0.3, -0.25) is 10.1 Å². The Hall–Kier alpha value is -1.91. The lowest BCUT2D eigenvalue weighted by Gasteiger charge is -2.06. The highest BCUT2D eigenvalue weighted by molar-refractivity contribution is 9.10. The molecule has 0 fully saturated rings. The van der Waals surface area contributed by atoms with Gasteiger partial charge in [0.25, 0.3) is 5.91 Å². The lowest BCUT2D eigenvalue weighted by atomic mass is 10.1. The molecule has 0 atom stereocenters. The van der Waals surface area contributed by atoms with Crippen LogP contribution in [0.25, 0.3) is 0 Å². The Balaban J connectivity index is 1.58. The molecule has 3 rings (SSSR count). The van der Waals surface area contributed by atoms with Crippen molar-refractivity contribution in [2.45, 2.75) is 16.3 Å². The van der Waals surface area contributed by atoms with Crippen LogP contribution in [0, 0.1) is 0 Å². The number of nitrogens with one attached hydrogen (secondary N) is 1. The molecule has 0 unspecified atom stereocenters. The molecule has 2 aromatic carbocycles. The number of amides is 1. The van der Waals surface area contributed by atoms with E-state index in [4.69, 9.17) is 0 Å². The third-order valence-corrected chi connectivity index (χ3v) is 6.12. The summed E-state index contributed by atoms with van der Waals surface area (Å²) < 4.78 is 39.0. The number of benzene rings is 2. The second kappa shape index (κ2) is 8.41. The van der Waals surface area contributed by atoms with Crippen molar-refractivity contribution in [3.05, 3.63) is 69.7 Å². The van der Waals surface area contributed by atoms with Crippen LogP contribution < -0.4 is 5.32 Å². The molecule has 1 heterocycles. The van der Waals surface area contributed by atoms with Crippen LogP contribution >= 0.6 is 39.0 Å². The molecule has 1 aromatic heterocycles. The van der Waals surface area contributed by atoms with Gasteiger partial charge in [-0.25, -0.2) is 0 Å². The molecule has 4 nitrogen and oxygen atoms in total. The largest absolute Gasteiger partial charge is 0.416 e. The van der Waals surface area contributed by atoms with Gasteiger partial charge in [0.2, 0.25) is 5.13 Å². The van der Waals surface area contributed by atoms with Gasteiger partial charge >= 0.3 is 6.18 Å². The topological polar surface area (TPSA) is 54.9 Å². The van der Waals surface area contributed by atoms with E-state index in [0.29, 0.717) is 25.3 Å². The zero-order valence-corrected chi connectivity index (χ0v) is 16.7. The van der Waals surface area contributed by atoms with Gasteiger partial charge in [0.1, 0.15) is 0 Å². The van der Waals surface area contributed by atoms with Gasteiger partial charge in [0.15, 0.2) is 4.34 Å². The maximum atomic E-state index is 12.6. The van der Waals surface area contributed by atoms with Crippen LogP contribution in [0.1, 0.15) is 21.5 Å². The molecule has 1 amide bonds. The molecule has 0 saturated heterocycles. The van der Waals surface area contributed by atoms with Crippen LogP contribution in [0.4, 0.5) is 18.3 Å². The number of rotatable bonds is 5. The molecule has 0 bridgehead atoms. The highest BCUT2D eigenvalue weighted by Gasteiger charge is 2.29. The SMILES string of the molecule is O=C(Nc1nnc(SCc2ccc(C(F)(F)F)cc2)s1)c1ccccc1Br. The zero-order chi connectivity index (χ0) is 19.4. The number of carbonyl (C=O) groups is 1. The van der Waals surface area contributed by atoms with E-state index in [1.807, 2.05) is 6.07 Å². The Morgan fingerprint density at radius 3 is 2.48 bits per heavy atom. The number of thioether (sulfide) groups is 1. The average Bonchev–Trinajstić information content (AvgIpc) is 3.07. The summed E-state index contributed by atoms with van der Waals surface area (Å²) in [7, 11) is 0. The second-order valence-corrected chi connectivity index (χ2v) is 8.34.